The van der Waals surface area contributed by atoms with Crippen molar-refractivity contribution in [1.82, 2.24) is 15.0 Å². The van der Waals surface area contributed by atoms with E-state index in [0.717, 1.165) is 43.4 Å². The van der Waals surface area contributed by atoms with Crippen molar-refractivity contribution in [2.45, 2.75) is 38.5 Å². The van der Waals surface area contributed by atoms with E-state index in [1.54, 1.807) is 0 Å². The minimum absolute atomic E-state index is 0.00632. The van der Waals surface area contributed by atoms with Gasteiger partial charge in [-0.1, -0.05) is 18.2 Å². The van der Waals surface area contributed by atoms with Crippen LogP contribution in [0.1, 0.15) is 46.7 Å². The molecule has 0 spiro atoms. The van der Waals surface area contributed by atoms with Gasteiger partial charge in [-0.3, -0.25) is 0 Å². The molecule has 9 heteroatoms. The van der Waals surface area contributed by atoms with E-state index in [9.17, 15) is 17.6 Å². The number of aromatic nitrogens is 3. The summed E-state index contributed by atoms with van der Waals surface area (Å²) in [6.07, 6.45) is 8.74. The molecule has 0 saturated carbocycles. The third kappa shape index (κ3) is 7.24. The molecule has 0 saturated heterocycles. The first-order valence-corrected chi connectivity index (χ1v) is 11.3. The van der Waals surface area contributed by atoms with E-state index in [-0.39, 0.29) is 18.1 Å². The van der Waals surface area contributed by atoms with Crippen LogP contribution in [0.15, 0.2) is 71.9 Å². The van der Waals surface area contributed by atoms with Crippen LogP contribution in [0, 0.1) is 5.82 Å². The van der Waals surface area contributed by atoms with Crippen LogP contribution in [-0.4, -0.2) is 15.0 Å². The van der Waals surface area contributed by atoms with Crippen LogP contribution in [0.2, 0.25) is 0 Å². The highest BCUT2D eigenvalue weighted by Gasteiger charge is 2.30. The molecule has 4 rings (SSSR count). The molecule has 2 aromatic carbocycles. The van der Waals surface area contributed by atoms with Gasteiger partial charge in [0.2, 0.25) is 5.89 Å². The fourth-order valence-corrected chi connectivity index (χ4v) is 3.49. The predicted octanol–water partition coefficient (Wildman–Crippen LogP) is 6.94. The zero-order valence-corrected chi connectivity index (χ0v) is 19.2. The van der Waals surface area contributed by atoms with E-state index in [4.69, 9.17) is 9.15 Å². The van der Waals surface area contributed by atoms with Gasteiger partial charge < -0.3 is 9.15 Å². The van der Waals surface area contributed by atoms with Gasteiger partial charge in [0.15, 0.2) is 0 Å². The van der Waals surface area contributed by atoms with Gasteiger partial charge in [0.05, 0.1) is 5.56 Å². The second-order valence-corrected chi connectivity index (χ2v) is 8.13. The molecule has 0 radical (unpaired) electrons. The summed E-state index contributed by atoms with van der Waals surface area (Å²) in [6.45, 7) is 0.171. The van der Waals surface area contributed by atoms with Gasteiger partial charge in [0, 0.05) is 24.0 Å². The summed E-state index contributed by atoms with van der Waals surface area (Å²) in [5.74, 6) is -0.108. The molecule has 2 heterocycles. The number of nitrogens with zero attached hydrogens (tertiary/aromatic N) is 3. The monoisotopic (exact) mass is 497 g/mol. The molecule has 0 N–H and O–H groups in total. The zero-order chi connectivity index (χ0) is 25.4. The number of aryl methyl sites for hydroxylation is 2. The van der Waals surface area contributed by atoms with E-state index in [2.05, 4.69) is 15.0 Å². The lowest BCUT2D eigenvalue weighted by Gasteiger charge is -2.07. The van der Waals surface area contributed by atoms with Crippen molar-refractivity contribution < 1.29 is 26.7 Å². The number of ether oxygens (including phenoxy) is 1. The van der Waals surface area contributed by atoms with Crippen LogP contribution in [0.5, 0.6) is 5.75 Å². The molecule has 0 amide bonds. The van der Waals surface area contributed by atoms with Gasteiger partial charge in [-0.25, -0.2) is 19.3 Å². The Bertz CT molecular complexity index is 1290. The molecule has 36 heavy (non-hydrogen) atoms. The molecule has 5 nitrogen and oxygen atoms in total. The van der Waals surface area contributed by atoms with Crippen molar-refractivity contribution in [2.75, 3.05) is 0 Å². The van der Waals surface area contributed by atoms with Gasteiger partial charge in [-0.05, 0) is 67.2 Å². The number of unbranched alkanes of at least 4 members (excludes halogenated alkanes) is 1. The lowest BCUT2D eigenvalue weighted by molar-refractivity contribution is -0.137. The van der Waals surface area contributed by atoms with E-state index >= 15 is 0 Å². The molecule has 186 valence electrons. The Morgan fingerprint density at radius 2 is 1.61 bits per heavy atom. The largest absolute Gasteiger partial charge is 0.487 e. The van der Waals surface area contributed by atoms with Crippen LogP contribution in [-0.2, 0) is 25.6 Å². The Kier molecular flexibility index (Phi) is 8.10. The first-order valence-electron chi connectivity index (χ1n) is 11.3. The smallest absolute Gasteiger partial charge is 0.416 e. The van der Waals surface area contributed by atoms with Gasteiger partial charge in [0.1, 0.15) is 36.5 Å². The molecule has 0 unspecified atom stereocenters. The van der Waals surface area contributed by atoms with Crippen molar-refractivity contribution >= 4 is 12.2 Å². The van der Waals surface area contributed by atoms with Crippen molar-refractivity contribution in [1.29, 1.82) is 0 Å². The van der Waals surface area contributed by atoms with Gasteiger partial charge >= 0.3 is 6.18 Å². The number of oxazole rings is 1. The maximum atomic E-state index is 14.0. The lowest BCUT2D eigenvalue weighted by atomic mass is 10.1. The van der Waals surface area contributed by atoms with Crippen molar-refractivity contribution in [3.8, 4) is 5.75 Å². The number of hydrogen-bond acceptors (Lipinski definition) is 5. The summed E-state index contributed by atoms with van der Waals surface area (Å²) < 4.78 is 63.0. The molecule has 0 aliphatic carbocycles. The highest BCUT2D eigenvalue weighted by Crippen LogP contribution is 2.30. The summed E-state index contributed by atoms with van der Waals surface area (Å²) in [6, 6.07) is 10.2. The topological polar surface area (TPSA) is 61.0 Å². The third-order valence-electron chi connectivity index (χ3n) is 5.41. The van der Waals surface area contributed by atoms with E-state index < -0.39 is 17.6 Å². The highest BCUT2D eigenvalue weighted by atomic mass is 19.4. The Morgan fingerprint density at radius 3 is 2.31 bits per heavy atom. The Hall–Kier alpha value is -4.01. The van der Waals surface area contributed by atoms with Crippen LogP contribution in [0.25, 0.3) is 12.2 Å². The summed E-state index contributed by atoms with van der Waals surface area (Å²) >= 11 is 0. The number of benzene rings is 2. The minimum atomic E-state index is -4.60. The second-order valence-electron chi connectivity index (χ2n) is 8.13. The van der Waals surface area contributed by atoms with Crippen molar-refractivity contribution in [3.05, 3.63) is 107 Å². The van der Waals surface area contributed by atoms with Gasteiger partial charge in [0.25, 0.3) is 0 Å². The number of halogens is 4. The average Bonchev–Trinajstić information content (AvgIpc) is 3.33. The van der Waals surface area contributed by atoms with Crippen LogP contribution >= 0.6 is 0 Å². The molecule has 2 aromatic heterocycles. The molecule has 0 atom stereocenters. The van der Waals surface area contributed by atoms with Crippen LogP contribution < -0.4 is 4.74 Å². The van der Waals surface area contributed by atoms with E-state index in [0.29, 0.717) is 17.5 Å². The first-order chi connectivity index (χ1) is 17.4. The predicted molar refractivity (Wildman–Crippen MR) is 126 cm³/mol. The molecule has 4 aromatic rings. The normalized spacial score (nSPS) is 11.8. The minimum Gasteiger partial charge on any atom is -0.487 e. The zero-order valence-electron chi connectivity index (χ0n) is 19.2. The third-order valence-corrected chi connectivity index (χ3v) is 5.41. The van der Waals surface area contributed by atoms with Gasteiger partial charge in [-0.2, -0.15) is 13.2 Å². The fraction of sp³-hybridized carbons (Fsp3) is 0.222. The summed E-state index contributed by atoms with van der Waals surface area (Å²) in [4.78, 5) is 12.3. The van der Waals surface area contributed by atoms with Crippen molar-refractivity contribution in [3.63, 3.8) is 0 Å². The Labute approximate surface area is 205 Å². The summed E-state index contributed by atoms with van der Waals surface area (Å²) in [7, 11) is 0. The SMILES string of the molecule is Fc1cc(C(F)(F)F)ccc1/C=C/c1nc(COc2ccc(CCCCc3cncnc3)cc2)co1. The Balaban J connectivity index is 1.23. The molecular formula is C27H23F4N3O2. The summed E-state index contributed by atoms with van der Waals surface area (Å²) in [5, 5.41) is 0. The second kappa shape index (κ2) is 11.6. The number of alkyl halides is 3. The average molecular weight is 497 g/mol. The van der Waals surface area contributed by atoms with Crippen LogP contribution in [0.3, 0.4) is 0 Å². The fourth-order valence-electron chi connectivity index (χ4n) is 3.49. The molecule has 0 aliphatic heterocycles. The maximum Gasteiger partial charge on any atom is 0.416 e. The number of rotatable bonds is 10. The molecule has 0 aliphatic rings. The van der Waals surface area contributed by atoms with Crippen LogP contribution in [0.4, 0.5) is 17.6 Å². The maximum absolute atomic E-state index is 14.0. The van der Waals surface area contributed by atoms with Crippen molar-refractivity contribution in [2.24, 2.45) is 0 Å². The molecule has 0 bridgehead atoms. The van der Waals surface area contributed by atoms with E-state index in [1.807, 2.05) is 36.7 Å². The quantitative estimate of drug-likeness (QED) is 0.176. The first kappa shape index (κ1) is 25.1. The van der Waals surface area contributed by atoms with E-state index in [1.165, 1.54) is 30.3 Å². The Morgan fingerprint density at radius 1 is 0.889 bits per heavy atom. The summed E-state index contributed by atoms with van der Waals surface area (Å²) in [5.41, 5.74) is 1.83. The van der Waals surface area contributed by atoms with Gasteiger partial charge in [-0.15, -0.1) is 0 Å². The standard InChI is InChI=1S/C27H23F4N3O2/c28-25-13-22(27(29,30)31)9-7-21(25)8-12-26-34-23(17-36-26)16-35-24-10-5-19(6-11-24)3-1-2-4-20-14-32-18-33-15-20/h5-15,17-18H,1-4,16H2/b12-8+. The molecular weight excluding hydrogens is 474 g/mol. The highest BCUT2D eigenvalue weighted by molar-refractivity contribution is 5.66. The number of hydrogen-bond donors (Lipinski definition) is 0. The molecule has 0 fully saturated rings. The lowest BCUT2D eigenvalue weighted by Crippen LogP contribution is -2.05.